The molecule has 0 aliphatic carbocycles. The van der Waals surface area contributed by atoms with Gasteiger partial charge in [0.1, 0.15) is 12.4 Å². The van der Waals surface area contributed by atoms with Crippen molar-refractivity contribution in [1.29, 1.82) is 0 Å². The van der Waals surface area contributed by atoms with Crippen LogP contribution < -0.4 is 10.1 Å². The first-order valence-corrected chi connectivity index (χ1v) is 6.90. The van der Waals surface area contributed by atoms with Crippen LogP contribution in [0.25, 0.3) is 0 Å². The molecule has 0 bridgehead atoms. The summed E-state index contributed by atoms with van der Waals surface area (Å²) in [6, 6.07) is 7.41. The summed E-state index contributed by atoms with van der Waals surface area (Å²) in [7, 11) is 5.17. The smallest absolute Gasteiger partial charge is 0.409 e. The van der Waals surface area contributed by atoms with Gasteiger partial charge in [-0.25, -0.2) is 4.79 Å². The summed E-state index contributed by atoms with van der Waals surface area (Å²) in [4.78, 5) is 13.3. The van der Waals surface area contributed by atoms with E-state index in [9.17, 15) is 4.79 Å². The lowest BCUT2D eigenvalue weighted by Gasteiger charge is -2.17. The molecule has 1 aromatic carbocycles. The normalized spacial score (nSPS) is 10.2. The third kappa shape index (κ3) is 6.97. The molecule has 118 valence electrons. The number of carbonyl (C=O) groups excluding carboxylic acids is 1. The van der Waals surface area contributed by atoms with Crippen molar-refractivity contribution < 1.29 is 19.0 Å². The van der Waals surface area contributed by atoms with Gasteiger partial charge in [-0.3, -0.25) is 0 Å². The van der Waals surface area contributed by atoms with Gasteiger partial charge in [0, 0.05) is 20.1 Å². The molecule has 0 aliphatic heterocycles. The average molecular weight is 296 g/mol. The van der Waals surface area contributed by atoms with E-state index in [0.29, 0.717) is 19.8 Å². The fourth-order valence-corrected chi connectivity index (χ4v) is 1.55. The summed E-state index contributed by atoms with van der Waals surface area (Å²) in [5.41, 5.74) is 0.919. The Morgan fingerprint density at radius 3 is 2.57 bits per heavy atom. The van der Waals surface area contributed by atoms with Crippen LogP contribution in [0.2, 0.25) is 0 Å². The van der Waals surface area contributed by atoms with Gasteiger partial charge in [-0.05, 0) is 24.7 Å². The Morgan fingerprint density at radius 1 is 1.24 bits per heavy atom. The fraction of sp³-hybridized carbons (Fsp3) is 0.533. The largest absolute Gasteiger partial charge is 0.497 e. The van der Waals surface area contributed by atoms with E-state index in [0.717, 1.165) is 17.9 Å². The predicted octanol–water partition coefficient (Wildman–Crippen LogP) is 1.50. The van der Waals surface area contributed by atoms with E-state index < -0.39 is 0 Å². The summed E-state index contributed by atoms with van der Waals surface area (Å²) in [5, 5.41) is 2.99. The second kappa shape index (κ2) is 10.0. The molecule has 0 aromatic heterocycles. The second-order valence-electron chi connectivity index (χ2n) is 4.54. The molecule has 1 N–H and O–H groups in total. The van der Waals surface area contributed by atoms with Crippen molar-refractivity contribution >= 4 is 6.09 Å². The average Bonchev–Trinajstić information content (AvgIpc) is 2.52. The van der Waals surface area contributed by atoms with Gasteiger partial charge in [0.25, 0.3) is 0 Å². The first-order valence-electron chi connectivity index (χ1n) is 6.90. The van der Waals surface area contributed by atoms with E-state index in [4.69, 9.17) is 14.2 Å². The number of amides is 1. The van der Waals surface area contributed by atoms with Crippen LogP contribution in [0.4, 0.5) is 4.79 Å². The lowest BCUT2D eigenvalue weighted by Crippen LogP contribution is -2.31. The first kappa shape index (κ1) is 17.3. The number of carbonyl (C=O) groups is 1. The maximum Gasteiger partial charge on any atom is 0.409 e. The Morgan fingerprint density at radius 2 is 1.95 bits per heavy atom. The topological polar surface area (TPSA) is 60.0 Å². The molecule has 1 aromatic rings. The van der Waals surface area contributed by atoms with Crippen LogP contribution in [0.5, 0.6) is 5.75 Å². The van der Waals surface area contributed by atoms with Gasteiger partial charge in [0.2, 0.25) is 0 Å². The number of methoxy groups -OCH3 is 1. The van der Waals surface area contributed by atoms with Gasteiger partial charge in [0.15, 0.2) is 0 Å². The Bertz CT molecular complexity index is 409. The highest BCUT2D eigenvalue weighted by molar-refractivity contribution is 5.67. The second-order valence-corrected chi connectivity index (χ2v) is 4.54. The van der Waals surface area contributed by atoms with Crippen LogP contribution in [0.1, 0.15) is 5.56 Å². The van der Waals surface area contributed by atoms with Gasteiger partial charge < -0.3 is 24.4 Å². The van der Waals surface area contributed by atoms with Crippen molar-refractivity contribution in [3.05, 3.63) is 29.8 Å². The Kier molecular flexibility index (Phi) is 8.23. The van der Waals surface area contributed by atoms with Crippen molar-refractivity contribution in [1.82, 2.24) is 10.2 Å². The monoisotopic (exact) mass is 296 g/mol. The molecule has 0 heterocycles. The summed E-state index contributed by atoms with van der Waals surface area (Å²) in [6.45, 7) is 2.67. The third-order valence-corrected chi connectivity index (χ3v) is 2.90. The summed E-state index contributed by atoms with van der Waals surface area (Å²) in [6.07, 6.45) is -0.358. The van der Waals surface area contributed by atoms with Crippen molar-refractivity contribution in [2.75, 3.05) is 47.5 Å². The van der Waals surface area contributed by atoms with E-state index in [2.05, 4.69) is 5.32 Å². The lowest BCUT2D eigenvalue weighted by atomic mass is 10.2. The number of benzene rings is 1. The SMILES string of the molecule is CNCCOCCN(C)C(=O)OCc1ccc(OC)cc1. The van der Waals surface area contributed by atoms with Gasteiger partial charge >= 0.3 is 6.09 Å². The third-order valence-electron chi connectivity index (χ3n) is 2.90. The highest BCUT2D eigenvalue weighted by Gasteiger charge is 2.09. The quantitative estimate of drug-likeness (QED) is 0.700. The maximum absolute atomic E-state index is 11.8. The molecule has 0 fully saturated rings. The van der Waals surface area contributed by atoms with Gasteiger partial charge in [0.05, 0.1) is 20.3 Å². The van der Waals surface area contributed by atoms with Crippen LogP contribution in [0, 0.1) is 0 Å². The highest BCUT2D eigenvalue weighted by atomic mass is 16.6. The van der Waals surface area contributed by atoms with Crippen molar-refractivity contribution in [3.8, 4) is 5.75 Å². The molecule has 0 atom stereocenters. The number of nitrogens with one attached hydrogen (secondary N) is 1. The molecule has 0 unspecified atom stereocenters. The van der Waals surface area contributed by atoms with E-state index in [1.54, 1.807) is 14.2 Å². The molecule has 1 amide bonds. The van der Waals surface area contributed by atoms with Crippen molar-refractivity contribution in [2.24, 2.45) is 0 Å². The van der Waals surface area contributed by atoms with E-state index in [1.165, 1.54) is 4.90 Å². The zero-order valence-corrected chi connectivity index (χ0v) is 12.9. The highest BCUT2D eigenvalue weighted by Crippen LogP contribution is 2.12. The Balaban J connectivity index is 2.22. The molecule has 6 nitrogen and oxygen atoms in total. The standard InChI is InChI=1S/C15H24N2O4/c1-16-8-10-20-11-9-17(2)15(18)21-12-13-4-6-14(19-3)7-5-13/h4-7,16H,8-12H2,1-3H3. The minimum atomic E-state index is -0.358. The number of ether oxygens (including phenoxy) is 3. The van der Waals surface area contributed by atoms with Crippen molar-refractivity contribution in [2.45, 2.75) is 6.61 Å². The van der Waals surface area contributed by atoms with E-state index in [1.807, 2.05) is 31.3 Å². The number of likely N-dealkylation sites (N-methyl/N-ethyl adjacent to an activating group) is 2. The van der Waals surface area contributed by atoms with Gasteiger partial charge in [-0.2, -0.15) is 0 Å². The number of rotatable bonds is 9. The number of hydrogen-bond acceptors (Lipinski definition) is 5. The van der Waals surface area contributed by atoms with E-state index >= 15 is 0 Å². The molecule has 0 saturated heterocycles. The fourth-order valence-electron chi connectivity index (χ4n) is 1.55. The number of hydrogen-bond donors (Lipinski definition) is 1. The molecular weight excluding hydrogens is 272 g/mol. The van der Waals surface area contributed by atoms with Crippen LogP contribution in [0.15, 0.2) is 24.3 Å². The lowest BCUT2D eigenvalue weighted by molar-refractivity contribution is 0.0809. The summed E-state index contributed by atoms with van der Waals surface area (Å²) < 4.78 is 15.6. The zero-order valence-electron chi connectivity index (χ0n) is 12.9. The molecule has 0 radical (unpaired) electrons. The van der Waals surface area contributed by atoms with Crippen LogP contribution in [-0.2, 0) is 16.1 Å². The Hall–Kier alpha value is -1.79. The zero-order chi connectivity index (χ0) is 15.5. The molecule has 0 saturated carbocycles. The van der Waals surface area contributed by atoms with Gasteiger partial charge in [-0.15, -0.1) is 0 Å². The molecular formula is C15H24N2O4. The molecule has 21 heavy (non-hydrogen) atoms. The maximum atomic E-state index is 11.8. The van der Waals surface area contributed by atoms with Crippen LogP contribution in [-0.4, -0.2) is 58.5 Å². The van der Waals surface area contributed by atoms with E-state index in [-0.39, 0.29) is 12.7 Å². The number of nitrogens with zero attached hydrogens (tertiary/aromatic N) is 1. The van der Waals surface area contributed by atoms with Gasteiger partial charge in [-0.1, -0.05) is 12.1 Å². The van der Waals surface area contributed by atoms with Crippen molar-refractivity contribution in [3.63, 3.8) is 0 Å². The molecule has 0 spiro atoms. The summed E-state index contributed by atoms with van der Waals surface area (Å²) in [5.74, 6) is 0.779. The Labute approximate surface area is 126 Å². The predicted molar refractivity (Wildman–Crippen MR) is 80.6 cm³/mol. The summed E-state index contributed by atoms with van der Waals surface area (Å²) >= 11 is 0. The molecule has 6 heteroatoms. The minimum absolute atomic E-state index is 0.244. The first-order chi connectivity index (χ1) is 10.2. The molecule has 0 aliphatic rings. The van der Waals surface area contributed by atoms with Crippen LogP contribution >= 0.6 is 0 Å². The minimum Gasteiger partial charge on any atom is -0.497 e. The van der Waals surface area contributed by atoms with Crippen LogP contribution in [0.3, 0.4) is 0 Å². The molecule has 1 rings (SSSR count).